The van der Waals surface area contributed by atoms with E-state index in [1.807, 2.05) is 6.20 Å². The average molecular weight is 249 g/mol. The van der Waals surface area contributed by atoms with Gasteiger partial charge in [-0.2, -0.15) is 0 Å². The third-order valence-electron chi connectivity index (χ3n) is 4.70. The van der Waals surface area contributed by atoms with Crippen molar-refractivity contribution in [2.45, 2.75) is 53.0 Å². The van der Waals surface area contributed by atoms with Gasteiger partial charge in [-0.05, 0) is 50.0 Å². The topological polar surface area (TPSA) is 43.8 Å². The predicted molar refractivity (Wildman–Crippen MR) is 75.3 cm³/mol. The Morgan fingerprint density at radius 1 is 1.39 bits per heavy atom. The molecule has 0 aliphatic heterocycles. The summed E-state index contributed by atoms with van der Waals surface area (Å²) < 4.78 is 2.34. The maximum absolute atomic E-state index is 5.97. The van der Waals surface area contributed by atoms with Crippen LogP contribution in [-0.2, 0) is 0 Å². The van der Waals surface area contributed by atoms with Crippen molar-refractivity contribution in [2.24, 2.45) is 23.0 Å². The molecule has 3 atom stereocenters. The first-order chi connectivity index (χ1) is 8.43. The van der Waals surface area contributed by atoms with Gasteiger partial charge in [-0.25, -0.2) is 4.98 Å². The molecule has 0 amide bonds. The molecule has 1 aliphatic carbocycles. The highest BCUT2D eigenvalue weighted by atomic mass is 15.1. The summed E-state index contributed by atoms with van der Waals surface area (Å²) in [5.74, 6) is 2.51. The average Bonchev–Trinajstić information content (AvgIpc) is 2.73. The Morgan fingerprint density at radius 2 is 2.11 bits per heavy atom. The Hall–Kier alpha value is -0.830. The van der Waals surface area contributed by atoms with Crippen LogP contribution in [0, 0.1) is 24.2 Å². The van der Waals surface area contributed by atoms with E-state index in [1.54, 1.807) is 0 Å². The maximum Gasteiger partial charge on any atom is 0.105 e. The molecule has 0 bridgehead atoms. The number of hydrogen-bond donors (Lipinski definition) is 1. The zero-order chi connectivity index (χ0) is 13.3. The highest BCUT2D eigenvalue weighted by molar-refractivity contribution is 4.97. The number of hydrogen-bond acceptors (Lipinski definition) is 2. The van der Waals surface area contributed by atoms with E-state index in [2.05, 4.69) is 43.4 Å². The summed E-state index contributed by atoms with van der Waals surface area (Å²) in [7, 11) is 0. The summed E-state index contributed by atoms with van der Waals surface area (Å²) in [6.07, 6.45) is 7.83. The molecule has 0 aromatic carbocycles. The minimum absolute atomic E-state index is 0.395. The van der Waals surface area contributed by atoms with Crippen LogP contribution in [-0.4, -0.2) is 16.1 Å². The first kappa shape index (κ1) is 13.6. The number of nitrogens with zero attached hydrogens (tertiary/aromatic N) is 2. The van der Waals surface area contributed by atoms with Crippen molar-refractivity contribution in [1.29, 1.82) is 0 Å². The summed E-state index contributed by atoms with van der Waals surface area (Å²) in [6.45, 7) is 9.96. The van der Waals surface area contributed by atoms with Crippen LogP contribution in [0.5, 0.6) is 0 Å². The fourth-order valence-electron chi connectivity index (χ4n) is 3.35. The smallest absolute Gasteiger partial charge is 0.105 e. The van der Waals surface area contributed by atoms with Crippen LogP contribution in [0.4, 0.5) is 0 Å². The summed E-state index contributed by atoms with van der Waals surface area (Å²) in [4.78, 5) is 4.37. The molecular weight excluding hydrogens is 222 g/mol. The standard InChI is InChI=1S/C15H27N3/c1-11-17-7-8-18(11)14-9-13(15(2,3)4)6-5-12(14)10-16/h7-8,12-14H,5-6,9-10,16H2,1-4H3. The summed E-state index contributed by atoms with van der Waals surface area (Å²) in [6, 6.07) is 0.537. The molecule has 0 radical (unpaired) electrons. The second kappa shape index (κ2) is 5.04. The fraction of sp³-hybridized carbons (Fsp3) is 0.800. The molecule has 1 aromatic heterocycles. The molecule has 2 N–H and O–H groups in total. The number of nitrogens with two attached hydrogens (primary N) is 1. The molecular formula is C15H27N3. The molecule has 18 heavy (non-hydrogen) atoms. The molecule has 102 valence electrons. The molecule has 2 rings (SSSR count). The Balaban J connectivity index is 2.21. The van der Waals surface area contributed by atoms with Gasteiger partial charge in [-0.3, -0.25) is 0 Å². The van der Waals surface area contributed by atoms with Gasteiger partial charge in [0.2, 0.25) is 0 Å². The van der Waals surface area contributed by atoms with E-state index in [1.165, 1.54) is 19.3 Å². The Morgan fingerprint density at radius 3 is 2.61 bits per heavy atom. The van der Waals surface area contributed by atoms with Crippen LogP contribution in [0.2, 0.25) is 0 Å². The SMILES string of the molecule is Cc1nccn1C1CC(C(C)(C)C)CCC1CN. The molecule has 1 fully saturated rings. The van der Waals surface area contributed by atoms with Crippen LogP contribution in [0.15, 0.2) is 12.4 Å². The predicted octanol–water partition coefficient (Wildman–Crippen LogP) is 3.15. The molecule has 1 saturated carbocycles. The normalized spacial score (nSPS) is 29.5. The zero-order valence-corrected chi connectivity index (χ0v) is 12.2. The third-order valence-corrected chi connectivity index (χ3v) is 4.70. The minimum atomic E-state index is 0.395. The van der Waals surface area contributed by atoms with Crippen LogP contribution >= 0.6 is 0 Å². The van der Waals surface area contributed by atoms with E-state index in [0.29, 0.717) is 17.4 Å². The lowest BCUT2D eigenvalue weighted by atomic mass is 9.68. The van der Waals surface area contributed by atoms with Gasteiger partial charge in [0, 0.05) is 18.4 Å². The van der Waals surface area contributed by atoms with Gasteiger partial charge in [0.15, 0.2) is 0 Å². The molecule has 1 aliphatic rings. The zero-order valence-electron chi connectivity index (χ0n) is 12.2. The molecule has 1 heterocycles. The Kier molecular flexibility index (Phi) is 3.81. The van der Waals surface area contributed by atoms with E-state index >= 15 is 0 Å². The number of imidazole rings is 1. The van der Waals surface area contributed by atoms with Crippen molar-refractivity contribution in [2.75, 3.05) is 6.54 Å². The van der Waals surface area contributed by atoms with Crippen LogP contribution in [0.25, 0.3) is 0 Å². The van der Waals surface area contributed by atoms with E-state index < -0.39 is 0 Å². The maximum atomic E-state index is 5.97. The summed E-state index contributed by atoms with van der Waals surface area (Å²) in [5.41, 5.74) is 6.37. The summed E-state index contributed by atoms with van der Waals surface area (Å²) in [5, 5.41) is 0. The van der Waals surface area contributed by atoms with Gasteiger partial charge in [-0.15, -0.1) is 0 Å². The van der Waals surface area contributed by atoms with Crippen LogP contribution in [0.1, 0.15) is 51.9 Å². The number of rotatable bonds is 2. The van der Waals surface area contributed by atoms with E-state index in [4.69, 9.17) is 5.73 Å². The van der Waals surface area contributed by atoms with Crippen LogP contribution < -0.4 is 5.73 Å². The van der Waals surface area contributed by atoms with Crippen LogP contribution in [0.3, 0.4) is 0 Å². The van der Waals surface area contributed by atoms with Crippen molar-refractivity contribution in [1.82, 2.24) is 9.55 Å². The first-order valence-electron chi connectivity index (χ1n) is 7.13. The molecule has 1 aromatic rings. The second-order valence-electron chi connectivity index (χ2n) is 6.82. The highest BCUT2D eigenvalue weighted by Crippen LogP contribution is 2.44. The van der Waals surface area contributed by atoms with Gasteiger partial charge in [0.05, 0.1) is 0 Å². The van der Waals surface area contributed by atoms with Crippen molar-refractivity contribution in [3.63, 3.8) is 0 Å². The van der Waals surface area contributed by atoms with Gasteiger partial charge in [0.25, 0.3) is 0 Å². The highest BCUT2D eigenvalue weighted by Gasteiger charge is 2.36. The van der Waals surface area contributed by atoms with E-state index in [9.17, 15) is 0 Å². The number of aryl methyl sites for hydroxylation is 1. The van der Waals surface area contributed by atoms with Crippen molar-refractivity contribution >= 4 is 0 Å². The summed E-state index contributed by atoms with van der Waals surface area (Å²) >= 11 is 0. The Bertz CT molecular complexity index is 389. The lowest BCUT2D eigenvalue weighted by Gasteiger charge is -2.42. The fourth-order valence-corrected chi connectivity index (χ4v) is 3.35. The molecule has 3 heteroatoms. The monoisotopic (exact) mass is 249 g/mol. The van der Waals surface area contributed by atoms with Crippen molar-refractivity contribution in [3.8, 4) is 0 Å². The van der Waals surface area contributed by atoms with Gasteiger partial charge in [0.1, 0.15) is 5.82 Å². The van der Waals surface area contributed by atoms with Crippen molar-refractivity contribution in [3.05, 3.63) is 18.2 Å². The van der Waals surface area contributed by atoms with Gasteiger partial charge < -0.3 is 10.3 Å². The van der Waals surface area contributed by atoms with Gasteiger partial charge >= 0.3 is 0 Å². The number of aromatic nitrogens is 2. The Labute approximate surface area is 111 Å². The lowest BCUT2D eigenvalue weighted by molar-refractivity contribution is 0.104. The largest absolute Gasteiger partial charge is 0.332 e. The van der Waals surface area contributed by atoms with E-state index in [0.717, 1.165) is 18.3 Å². The molecule has 0 spiro atoms. The molecule has 0 saturated heterocycles. The van der Waals surface area contributed by atoms with Crippen molar-refractivity contribution < 1.29 is 0 Å². The van der Waals surface area contributed by atoms with Gasteiger partial charge in [-0.1, -0.05) is 20.8 Å². The minimum Gasteiger partial charge on any atom is -0.332 e. The lowest BCUT2D eigenvalue weighted by Crippen LogP contribution is -2.36. The third kappa shape index (κ3) is 2.61. The quantitative estimate of drug-likeness (QED) is 0.875. The molecule has 3 unspecified atom stereocenters. The first-order valence-corrected chi connectivity index (χ1v) is 7.13. The van der Waals surface area contributed by atoms with E-state index in [-0.39, 0.29) is 0 Å². The second-order valence-corrected chi connectivity index (χ2v) is 6.82. The molecule has 3 nitrogen and oxygen atoms in total.